The van der Waals surface area contributed by atoms with Crippen LogP contribution in [0.25, 0.3) is 33.7 Å². The van der Waals surface area contributed by atoms with E-state index in [2.05, 4.69) is 63.6 Å². The van der Waals surface area contributed by atoms with Crippen molar-refractivity contribution in [2.75, 3.05) is 5.32 Å². The van der Waals surface area contributed by atoms with E-state index in [-0.39, 0.29) is 12.3 Å². The van der Waals surface area contributed by atoms with Crippen molar-refractivity contribution >= 4 is 22.8 Å². The summed E-state index contributed by atoms with van der Waals surface area (Å²) >= 11 is 0. The van der Waals surface area contributed by atoms with Crippen molar-refractivity contribution in [1.82, 2.24) is 29.5 Å². The molecule has 8 heteroatoms. The Balaban J connectivity index is 1.26. The summed E-state index contributed by atoms with van der Waals surface area (Å²) in [6, 6.07) is 26.2. The Hall–Kier alpha value is -5.11. The van der Waals surface area contributed by atoms with Gasteiger partial charge in [-0.3, -0.25) is 4.79 Å². The third kappa shape index (κ3) is 4.80. The third-order valence-corrected chi connectivity index (χ3v) is 6.81. The maximum atomic E-state index is 13.0. The van der Waals surface area contributed by atoms with Crippen molar-refractivity contribution in [2.24, 2.45) is 0 Å². The average molecular weight is 514 g/mol. The van der Waals surface area contributed by atoms with Crippen molar-refractivity contribution in [3.8, 4) is 22.6 Å². The highest BCUT2D eigenvalue weighted by atomic mass is 16.1. The van der Waals surface area contributed by atoms with Gasteiger partial charge in [-0.2, -0.15) is 14.9 Å². The average Bonchev–Trinajstić information content (AvgIpc) is 3.54. The lowest BCUT2D eigenvalue weighted by Gasteiger charge is -2.10. The van der Waals surface area contributed by atoms with Crippen LogP contribution in [0, 0.1) is 20.8 Å². The van der Waals surface area contributed by atoms with Crippen LogP contribution < -0.4 is 5.32 Å². The molecule has 0 aliphatic heterocycles. The van der Waals surface area contributed by atoms with E-state index in [0.717, 1.165) is 33.5 Å². The standard InChI is InChI=1S/C31H27N7O/c1-20-9-14-26(15-21(20)2)37-30-27(18-34-37)31(33-19-32-30)38-28(16-22(3)36-38)35-29(39)17-23-10-12-25(13-11-23)24-7-5-4-6-8-24/h4-16,18-19H,17H2,1-3H3,(H,35,39). The number of amides is 1. The highest BCUT2D eigenvalue weighted by Gasteiger charge is 2.18. The summed E-state index contributed by atoms with van der Waals surface area (Å²) in [6.07, 6.45) is 3.47. The lowest BCUT2D eigenvalue weighted by Crippen LogP contribution is -2.17. The quantitative estimate of drug-likeness (QED) is 0.305. The first-order chi connectivity index (χ1) is 19.0. The summed E-state index contributed by atoms with van der Waals surface area (Å²) < 4.78 is 3.43. The molecule has 192 valence electrons. The van der Waals surface area contributed by atoms with E-state index in [9.17, 15) is 4.79 Å². The monoisotopic (exact) mass is 513 g/mol. The minimum Gasteiger partial charge on any atom is -0.310 e. The number of carbonyl (C=O) groups is 1. The van der Waals surface area contributed by atoms with E-state index >= 15 is 0 Å². The van der Waals surface area contributed by atoms with Gasteiger partial charge in [0.25, 0.3) is 0 Å². The fourth-order valence-corrected chi connectivity index (χ4v) is 4.61. The maximum absolute atomic E-state index is 13.0. The van der Waals surface area contributed by atoms with Crippen molar-refractivity contribution < 1.29 is 4.79 Å². The first-order valence-corrected chi connectivity index (χ1v) is 12.7. The molecule has 0 bridgehead atoms. The Morgan fingerprint density at radius 2 is 1.59 bits per heavy atom. The zero-order valence-corrected chi connectivity index (χ0v) is 22.0. The van der Waals surface area contributed by atoms with E-state index in [4.69, 9.17) is 0 Å². The summed E-state index contributed by atoms with van der Waals surface area (Å²) in [5.74, 6) is 0.947. The van der Waals surface area contributed by atoms with E-state index in [1.807, 2.05) is 61.5 Å². The van der Waals surface area contributed by atoms with Gasteiger partial charge in [-0.25, -0.2) is 14.6 Å². The van der Waals surface area contributed by atoms with Gasteiger partial charge in [0.15, 0.2) is 11.5 Å². The molecular weight excluding hydrogens is 486 g/mol. The molecule has 0 atom stereocenters. The zero-order chi connectivity index (χ0) is 26.9. The van der Waals surface area contributed by atoms with Crippen LogP contribution in [0.5, 0.6) is 0 Å². The van der Waals surface area contributed by atoms with E-state index in [1.54, 1.807) is 15.6 Å². The van der Waals surface area contributed by atoms with Crippen LogP contribution >= 0.6 is 0 Å². The first-order valence-electron chi connectivity index (χ1n) is 12.7. The van der Waals surface area contributed by atoms with Crippen molar-refractivity contribution in [3.63, 3.8) is 0 Å². The molecule has 0 fully saturated rings. The summed E-state index contributed by atoms with van der Waals surface area (Å²) in [4.78, 5) is 22.0. The Morgan fingerprint density at radius 3 is 2.36 bits per heavy atom. The maximum Gasteiger partial charge on any atom is 0.229 e. The lowest BCUT2D eigenvalue weighted by molar-refractivity contribution is -0.115. The second kappa shape index (κ2) is 9.98. The smallest absolute Gasteiger partial charge is 0.229 e. The van der Waals surface area contributed by atoms with Gasteiger partial charge in [0.05, 0.1) is 29.4 Å². The number of aryl methyl sites for hydroxylation is 3. The van der Waals surface area contributed by atoms with Crippen LogP contribution in [0.3, 0.4) is 0 Å². The highest BCUT2D eigenvalue weighted by Crippen LogP contribution is 2.25. The SMILES string of the molecule is Cc1cc(NC(=O)Cc2ccc(-c3ccccc3)cc2)n(-c2ncnc3c2cnn3-c2ccc(C)c(C)c2)n1. The van der Waals surface area contributed by atoms with Gasteiger partial charge >= 0.3 is 0 Å². The number of hydrogen-bond donors (Lipinski definition) is 1. The van der Waals surface area contributed by atoms with Gasteiger partial charge < -0.3 is 5.32 Å². The number of benzene rings is 3. The highest BCUT2D eigenvalue weighted by molar-refractivity contribution is 5.92. The van der Waals surface area contributed by atoms with Crippen LogP contribution in [0.4, 0.5) is 5.82 Å². The van der Waals surface area contributed by atoms with Gasteiger partial charge in [-0.05, 0) is 60.7 Å². The topological polar surface area (TPSA) is 90.5 Å². The molecule has 8 nitrogen and oxygen atoms in total. The van der Waals surface area contributed by atoms with Gasteiger partial charge in [0.1, 0.15) is 12.1 Å². The predicted octanol–water partition coefficient (Wildman–Crippen LogP) is 5.77. The molecule has 0 aliphatic rings. The van der Waals surface area contributed by atoms with E-state index in [0.29, 0.717) is 17.3 Å². The number of nitrogens with one attached hydrogen (secondary N) is 1. The number of nitrogens with zero attached hydrogens (tertiary/aromatic N) is 6. The van der Waals surface area contributed by atoms with Crippen LogP contribution in [-0.2, 0) is 11.2 Å². The van der Waals surface area contributed by atoms with Crippen LogP contribution in [0.1, 0.15) is 22.4 Å². The molecule has 3 aromatic heterocycles. The zero-order valence-electron chi connectivity index (χ0n) is 22.0. The third-order valence-electron chi connectivity index (χ3n) is 6.81. The number of rotatable bonds is 6. The molecule has 0 spiro atoms. The Kier molecular flexibility index (Phi) is 6.20. The molecule has 0 radical (unpaired) electrons. The lowest BCUT2D eigenvalue weighted by atomic mass is 10.0. The van der Waals surface area contributed by atoms with Gasteiger partial charge in [0, 0.05) is 6.07 Å². The first kappa shape index (κ1) is 24.2. The molecule has 3 aromatic carbocycles. The fourth-order valence-electron chi connectivity index (χ4n) is 4.61. The van der Waals surface area contributed by atoms with E-state index in [1.165, 1.54) is 17.5 Å². The van der Waals surface area contributed by atoms with Crippen LogP contribution in [0.15, 0.2) is 91.4 Å². The fraction of sp³-hybridized carbons (Fsp3) is 0.129. The normalized spacial score (nSPS) is 11.2. The number of fused-ring (bicyclic) bond motifs is 1. The molecule has 0 aliphatic carbocycles. The summed E-state index contributed by atoms with van der Waals surface area (Å²) in [7, 11) is 0. The molecule has 6 rings (SSSR count). The minimum absolute atomic E-state index is 0.139. The molecule has 39 heavy (non-hydrogen) atoms. The van der Waals surface area contributed by atoms with Gasteiger partial charge in [-0.1, -0.05) is 60.7 Å². The Morgan fingerprint density at radius 1 is 0.821 bits per heavy atom. The minimum atomic E-state index is -0.139. The van der Waals surface area contributed by atoms with Gasteiger partial charge in [0.2, 0.25) is 5.91 Å². The van der Waals surface area contributed by atoms with Gasteiger partial charge in [-0.15, -0.1) is 0 Å². The molecule has 3 heterocycles. The molecular formula is C31H27N7O. The van der Waals surface area contributed by atoms with Crippen molar-refractivity contribution in [3.05, 3.63) is 114 Å². The number of aromatic nitrogens is 6. The molecule has 0 saturated heterocycles. The molecule has 6 aromatic rings. The Labute approximate surface area is 226 Å². The van der Waals surface area contributed by atoms with Crippen LogP contribution in [-0.4, -0.2) is 35.4 Å². The predicted molar refractivity (Wildman–Crippen MR) is 152 cm³/mol. The molecule has 0 unspecified atom stereocenters. The molecule has 1 amide bonds. The van der Waals surface area contributed by atoms with Crippen molar-refractivity contribution in [1.29, 1.82) is 0 Å². The largest absolute Gasteiger partial charge is 0.310 e. The number of hydrogen-bond acceptors (Lipinski definition) is 5. The summed E-state index contributed by atoms with van der Waals surface area (Å²) in [5, 5.41) is 13.0. The summed E-state index contributed by atoms with van der Waals surface area (Å²) in [6.45, 7) is 6.03. The second-order valence-corrected chi connectivity index (χ2v) is 9.63. The van der Waals surface area contributed by atoms with E-state index < -0.39 is 0 Å². The van der Waals surface area contributed by atoms with Crippen molar-refractivity contribution in [2.45, 2.75) is 27.2 Å². The summed E-state index contributed by atoms with van der Waals surface area (Å²) in [5.41, 5.74) is 7.90. The number of anilines is 1. The Bertz CT molecular complexity index is 1800. The molecule has 1 N–H and O–H groups in total. The molecule has 0 saturated carbocycles. The van der Waals surface area contributed by atoms with Crippen LogP contribution in [0.2, 0.25) is 0 Å². The second-order valence-electron chi connectivity index (χ2n) is 9.63. The number of carbonyl (C=O) groups excluding carboxylic acids is 1.